The van der Waals surface area contributed by atoms with Crippen molar-refractivity contribution >= 4 is 27.3 Å². The molecule has 1 aromatic carbocycles. The Labute approximate surface area is 130 Å². The van der Waals surface area contributed by atoms with Crippen molar-refractivity contribution in [1.82, 2.24) is 4.90 Å². The van der Waals surface area contributed by atoms with E-state index in [2.05, 4.69) is 39.0 Å². The molecular weight excluding hydrogens is 280 g/mol. The van der Waals surface area contributed by atoms with Crippen LogP contribution in [-0.4, -0.2) is 30.4 Å². The molecule has 4 heteroatoms. The van der Waals surface area contributed by atoms with Crippen LogP contribution >= 0.6 is 11.3 Å². The molecule has 0 fully saturated rings. The number of benzene rings is 1. The lowest BCUT2D eigenvalue weighted by molar-refractivity contribution is 0.0794. The van der Waals surface area contributed by atoms with Crippen LogP contribution in [0.25, 0.3) is 10.1 Å². The van der Waals surface area contributed by atoms with Crippen LogP contribution in [0.3, 0.4) is 0 Å². The Morgan fingerprint density at radius 2 is 2.05 bits per heavy atom. The molecule has 0 aliphatic rings. The third-order valence-corrected chi connectivity index (χ3v) is 4.99. The summed E-state index contributed by atoms with van der Waals surface area (Å²) in [4.78, 5) is 15.1. The monoisotopic (exact) mass is 304 g/mol. The molecule has 1 unspecified atom stereocenters. The van der Waals surface area contributed by atoms with Crippen LogP contribution in [0.2, 0.25) is 0 Å². The van der Waals surface area contributed by atoms with Crippen LogP contribution < -0.4 is 5.73 Å². The van der Waals surface area contributed by atoms with Crippen molar-refractivity contribution in [3.63, 3.8) is 0 Å². The third-order valence-electron chi connectivity index (χ3n) is 3.88. The minimum Gasteiger partial charge on any atom is -0.341 e. The lowest BCUT2D eigenvalue weighted by atomic mass is 10.0. The fraction of sp³-hybridized carbons (Fsp3) is 0.471. The first-order chi connectivity index (χ1) is 9.88. The highest BCUT2D eigenvalue weighted by molar-refractivity contribution is 7.20. The zero-order valence-electron chi connectivity index (χ0n) is 13.2. The Morgan fingerprint density at radius 1 is 1.33 bits per heavy atom. The maximum atomic E-state index is 12.5. The zero-order valence-corrected chi connectivity index (χ0v) is 14.0. The predicted molar refractivity (Wildman–Crippen MR) is 91.0 cm³/mol. The number of fused-ring (bicyclic) bond motifs is 1. The van der Waals surface area contributed by atoms with Gasteiger partial charge in [0.15, 0.2) is 0 Å². The number of nitrogens with two attached hydrogens (primary N) is 1. The second kappa shape index (κ2) is 6.58. The van der Waals surface area contributed by atoms with E-state index in [1.54, 1.807) is 16.2 Å². The molecule has 0 saturated carbocycles. The van der Waals surface area contributed by atoms with E-state index in [1.807, 2.05) is 13.1 Å². The molecule has 0 saturated heterocycles. The van der Waals surface area contributed by atoms with E-state index in [4.69, 9.17) is 5.73 Å². The van der Waals surface area contributed by atoms with E-state index in [-0.39, 0.29) is 11.9 Å². The first-order valence-electron chi connectivity index (χ1n) is 7.39. The van der Waals surface area contributed by atoms with Gasteiger partial charge in [0.25, 0.3) is 5.91 Å². The highest BCUT2D eigenvalue weighted by atomic mass is 32.1. The van der Waals surface area contributed by atoms with E-state index < -0.39 is 0 Å². The topological polar surface area (TPSA) is 46.3 Å². The predicted octanol–water partition coefficient (Wildman–Crippen LogP) is 3.66. The van der Waals surface area contributed by atoms with Crippen LogP contribution in [-0.2, 0) is 0 Å². The number of hydrogen-bond donors (Lipinski definition) is 1. The van der Waals surface area contributed by atoms with Gasteiger partial charge in [-0.1, -0.05) is 31.5 Å². The van der Waals surface area contributed by atoms with E-state index in [9.17, 15) is 4.79 Å². The van der Waals surface area contributed by atoms with Gasteiger partial charge in [0.05, 0.1) is 4.88 Å². The standard InChI is InChI=1S/C17H24N2OS/c1-11(2)14(18)7-8-19(4)17(20)16-10-13-9-12(3)5-6-15(13)21-16/h5-6,9-11,14H,7-8,18H2,1-4H3. The summed E-state index contributed by atoms with van der Waals surface area (Å²) in [5.74, 6) is 0.533. The van der Waals surface area contributed by atoms with E-state index in [0.717, 1.165) is 21.4 Å². The van der Waals surface area contributed by atoms with Gasteiger partial charge in [-0.2, -0.15) is 0 Å². The van der Waals surface area contributed by atoms with Gasteiger partial charge in [-0.25, -0.2) is 0 Å². The van der Waals surface area contributed by atoms with Gasteiger partial charge >= 0.3 is 0 Å². The molecule has 0 bridgehead atoms. The third kappa shape index (κ3) is 3.83. The summed E-state index contributed by atoms with van der Waals surface area (Å²) in [7, 11) is 1.85. The summed E-state index contributed by atoms with van der Waals surface area (Å²) in [6, 6.07) is 8.43. The van der Waals surface area contributed by atoms with Gasteiger partial charge in [-0.15, -0.1) is 11.3 Å². The molecule has 1 atom stereocenters. The van der Waals surface area contributed by atoms with Gasteiger partial charge in [-0.3, -0.25) is 4.79 Å². The first-order valence-corrected chi connectivity index (χ1v) is 8.21. The normalized spacial score (nSPS) is 12.9. The van der Waals surface area contributed by atoms with Gasteiger partial charge < -0.3 is 10.6 Å². The lowest BCUT2D eigenvalue weighted by Crippen LogP contribution is -2.34. The van der Waals surface area contributed by atoms with E-state index in [1.165, 1.54) is 5.56 Å². The van der Waals surface area contributed by atoms with Crippen molar-refractivity contribution in [3.8, 4) is 0 Å². The molecule has 21 heavy (non-hydrogen) atoms. The largest absolute Gasteiger partial charge is 0.341 e. The summed E-state index contributed by atoms with van der Waals surface area (Å²) < 4.78 is 1.16. The summed E-state index contributed by atoms with van der Waals surface area (Å²) >= 11 is 1.56. The zero-order chi connectivity index (χ0) is 15.6. The van der Waals surface area contributed by atoms with Crippen LogP contribution in [0.5, 0.6) is 0 Å². The fourth-order valence-electron chi connectivity index (χ4n) is 2.23. The number of carbonyl (C=O) groups is 1. The maximum Gasteiger partial charge on any atom is 0.263 e. The summed E-state index contributed by atoms with van der Waals surface area (Å²) in [6.07, 6.45) is 0.837. The average molecular weight is 304 g/mol. The van der Waals surface area contributed by atoms with Crippen molar-refractivity contribution in [2.75, 3.05) is 13.6 Å². The van der Waals surface area contributed by atoms with Crippen molar-refractivity contribution in [1.29, 1.82) is 0 Å². The Bertz CT molecular complexity index is 633. The molecule has 3 nitrogen and oxygen atoms in total. The minimum atomic E-state index is 0.0878. The molecule has 0 radical (unpaired) electrons. The molecule has 114 valence electrons. The van der Waals surface area contributed by atoms with Crippen molar-refractivity contribution in [2.24, 2.45) is 11.7 Å². The molecule has 0 aliphatic heterocycles. The number of rotatable bonds is 5. The minimum absolute atomic E-state index is 0.0878. The Morgan fingerprint density at radius 3 is 2.71 bits per heavy atom. The highest BCUT2D eigenvalue weighted by Crippen LogP contribution is 2.27. The van der Waals surface area contributed by atoms with Crippen LogP contribution in [0.15, 0.2) is 24.3 Å². The molecule has 1 aromatic heterocycles. The Hall–Kier alpha value is -1.39. The van der Waals surface area contributed by atoms with Gasteiger partial charge in [-0.05, 0) is 36.8 Å². The van der Waals surface area contributed by atoms with Crippen LogP contribution in [0, 0.1) is 12.8 Å². The van der Waals surface area contributed by atoms with Crippen LogP contribution in [0.4, 0.5) is 0 Å². The Kier molecular flexibility index (Phi) is 5.01. The van der Waals surface area contributed by atoms with Crippen molar-refractivity contribution < 1.29 is 4.79 Å². The van der Waals surface area contributed by atoms with Crippen molar-refractivity contribution in [2.45, 2.75) is 33.2 Å². The Balaban J connectivity index is 2.07. The van der Waals surface area contributed by atoms with E-state index in [0.29, 0.717) is 12.5 Å². The number of aryl methyl sites for hydroxylation is 1. The summed E-state index contributed by atoms with van der Waals surface area (Å²) in [5, 5.41) is 1.15. The second-order valence-electron chi connectivity index (χ2n) is 6.08. The molecule has 1 amide bonds. The van der Waals surface area contributed by atoms with Gasteiger partial charge in [0.2, 0.25) is 0 Å². The van der Waals surface area contributed by atoms with E-state index >= 15 is 0 Å². The molecule has 1 heterocycles. The molecular formula is C17H24N2OS. The van der Waals surface area contributed by atoms with Crippen LogP contribution in [0.1, 0.15) is 35.5 Å². The SMILES string of the molecule is Cc1ccc2sc(C(=O)N(C)CCC(N)C(C)C)cc2c1. The maximum absolute atomic E-state index is 12.5. The molecule has 2 aromatic rings. The number of carbonyl (C=O) groups excluding carboxylic acids is 1. The average Bonchev–Trinajstić information content (AvgIpc) is 2.86. The summed E-state index contributed by atoms with van der Waals surface area (Å²) in [5.41, 5.74) is 7.26. The molecule has 0 spiro atoms. The smallest absolute Gasteiger partial charge is 0.263 e. The highest BCUT2D eigenvalue weighted by Gasteiger charge is 2.16. The first kappa shape index (κ1) is 16.0. The number of thiophene rings is 1. The number of hydrogen-bond acceptors (Lipinski definition) is 3. The number of amides is 1. The van der Waals surface area contributed by atoms with Crippen molar-refractivity contribution in [3.05, 3.63) is 34.7 Å². The second-order valence-corrected chi connectivity index (χ2v) is 7.16. The molecule has 2 rings (SSSR count). The molecule has 0 aliphatic carbocycles. The lowest BCUT2D eigenvalue weighted by Gasteiger charge is -2.21. The number of nitrogens with zero attached hydrogens (tertiary/aromatic N) is 1. The van der Waals surface area contributed by atoms with Gasteiger partial charge in [0, 0.05) is 24.3 Å². The summed E-state index contributed by atoms with van der Waals surface area (Å²) in [6.45, 7) is 6.99. The fourth-order valence-corrected chi connectivity index (χ4v) is 3.27. The molecule has 2 N–H and O–H groups in total. The van der Waals surface area contributed by atoms with Gasteiger partial charge in [0.1, 0.15) is 0 Å². The quantitative estimate of drug-likeness (QED) is 0.916.